The van der Waals surface area contributed by atoms with Crippen molar-refractivity contribution in [2.75, 3.05) is 0 Å². The first-order valence-corrected chi connectivity index (χ1v) is 11.2. The zero-order chi connectivity index (χ0) is 24.3. The van der Waals surface area contributed by atoms with Crippen LogP contribution in [0, 0.1) is 19.9 Å². The van der Waals surface area contributed by atoms with E-state index in [1.165, 1.54) is 52.6 Å². The van der Waals surface area contributed by atoms with Crippen LogP contribution in [0.15, 0.2) is 66.6 Å². The molecule has 0 saturated carbocycles. The summed E-state index contributed by atoms with van der Waals surface area (Å²) in [5, 5.41) is 13.4. The second-order valence-corrected chi connectivity index (χ2v) is 9.69. The number of hydrogen-bond donors (Lipinski definition) is 1. The number of aryl methyl sites for hydroxylation is 2. The van der Waals surface area contributed by atoms with E-state index >= 15 is 0 Å². The second-order valence-electron chi connectivity index (χ2n) is 9.69. The van der Waals surface area contributed by atoms with E-state index < -0.39 is 0 Å². The van der Waals surface area contributed by atoms with E-state index in [0.717, 1.165) is 16.8 Å². The van der Waals surface area contributed by atoms with Crippen LogP contribution in [0.4, 0.5) is 0 Å². The molecule has 4 aromatic rings. The Morgan fingerprint density at radius 3 is 2.18 bits per heavy atom. The Morgan fingerprint density at radius 2 is 1.62 bits per heavy atom. The fraction of sp³-hybridized carbons (Fsp3) is 0.267. The standard InChI is InChI=1S/C25H24N.C5H8O2.Ir/c1-16-12-17(2)14-19(13-16)24-23-8-6-18-15-20(25(3,4)5)7-9-21(18)22(23)10-11-26-24;1-4(6)3-5(2)7;/h6-13,15H,1-5H3;3,6H,1-2H3;/q-1;;/p+1/b;4-3-;. The van der Waals surface area contributed by atoms with Crippen LogP contribution in [0.2, 0.25) is 0 Å². The number of carbonyl (C=O) groups excluding carboxylic acids is 1. The van der Waals surface area contributed by atoms with Crippen molar-refractivity contribution in [1.82, 2.24) is 4.98 Å². The third-order valence-corrected chi connectivity index (χ3v) is 5.45. The number of hydrogen-bond acceptors (Lipinski definition) is 2. The molecule has 0 bridgehead atoms. The van der Waals surface area contributed by atoms with Gasteiger partial charge in [-0.15, -0.1) is 34.9 Å². The van der Waals surface area contributed by atoms with Gasteiger partial charge in [-0.05, 0) is 51.2 Å². The van der Waals surface area contributed by atoms with Gasteiger partial charge in [0.15, 0.2) is 0 Å². The summed E-state index contributed by atoms with van der Waals surface area (Å²) in [5.74, 6) is 0.250. The molecular formula is C30H33IrNO2. The second kappa shape index (κ2) is 11.1. The summed E-state index contributed by atoms with van der Waals surface area (Å²) in [6.45, 7) is 14.0. The molecule has 0 spiro atoms. The summed E-state index contributed by atoms with van der Waals surface area (Å²) in [6.07, 6.45) is 3.19. The van der Waals surface area contributed by atoms with Gasteiger partial charge < -0.3 is 10.1 Å². The minimum atomic E-state index is 0. The van der Waals surface area contributed by atoms with Crippen LogP contribution in [0.1, 0.15) is 51.3 Å². The average Bonchev–Trinajstić information content (AvgIpc) is 2.70. The van der Waals surface area contributed by atoms with Crippen molar-refractivity contribution in [3.05, 3.63) is 89.3 Å². The number of nitrogens with zero attached hydrogens (tertiary/aromatic N) is 1. The van der Waals surface area contributed by atoms with Gasteiger partial charge in [-0.1, -0.05) is 65.0 Å². The van der Waals surface area contributed by atoms with Crippen LogP contribution in [0.25, 0.3) is 32.8 Å². The Bertz CT molecular complexity index is 1340. The molecule has 0 unspecified atom stereocenters. The number of aliphatic hydroxyl groups excluding tert-OH is 1. The molecule has 0 aliphatic carbocycles. The zero-order valence-corrected chi connectivity index (χ0v) is 23.3. The van der Waals surface area contributed by atoms with Crippen molar-refractivity contribution in [2.24, 2.45) is 0 Å². The van der Waals surface area contributed by atoms with E-state index in [-0.39, 0.29) is 37.1 Å². The largest absolute Gasteiger partial charge is 0.512 e. The van der Waals surface area contributed by atoms with E-state index in [0.29, 0.717) is 0 Å². The maximum Gasteiger partial charge on any atom is 0.316 e. The molecule has 1 aromatic heterocycles. The third-order valence-electron chi connectivity index (χ3n) is 5.45. The van der Waals surface area contributed by atoms with Crippen LogP contribution in [-0.2, 0) is 25.5 Å². The van der Waals surface area contributed by atoms with Crippen molar-refractivity contribution >= 4 is 27.3 Å². The molecular weight excluding hydrogens is 599 g/mol. The van der Waals surface area contributed by atoms with E-state index in [2.05, 4.69) is 89.2 Å². The Labute approximate surface area is 216 Å². The van der Waals surface area contributed by atoms with Crippen LogP contribution in [-0.4, -0.2) is 20.7 Å². The van der Waals surface area contributed by atoms with Crippen molar-refractivity contribution in [3.63, 3.8) is 0 Å². The molecule has 0 amide bonds. The number of benzene rings is 3. The number of aromatic nitrogens is 1. The third kappa shape index (κ3) is 6.62. The van der Waals surface area contributed by atoms with Crippen LogP contribution < -0.4 is 0 Å². The quantitative estimate of drug-likeness (QED) is 0.0808. The van der Waals surface area contributed by atoms with Crippen molar-refractivity contribution in [1.29, 1.82) is 0 Å². The summed E-state index contributed by atoms with van der Waals surface area (Å²) in [7, 11) is 0. The maximum absolute atomic E-state index is 8.40. The van der Waals surface area contributed by atoms with Gasteiger partial charge in [0.05, 0.1) is 18.8 Å². The number of pyridine rings is 1. The number of aliphatic hydroxyl groups is 1. The molecule has 0 aliphatic heterocycles. The first-order valence-electron chi connectivity index (χ1n) is 11.2. The van der Waals surface area contributed by atoms with E-state index in [1.807, 2.05) is 6.20 Å². The molecule has 0 fully saturated rings. The van der Waals surface area contributed by atoms with Crippen LogP contribution in [0.5, 0.6) is 0 Å². The normalized spacial score (nSPS) is 11.6. The molecule has 1 radical (unpaired) electrons. The SMILES string of the molecule is CC(=[OH+])/C=C(/C)O.Cc1[c-]c(-c2nccc3c2ccc2cc(C(C)(C)C)ccc23)cc(C)c1.[Ir]. The predicted octanol–water partition coefficient (Wildman–Crippen LogP) is 7.78. The van der Waals surface area contributed by atoms with Crippen molar-refractivity contribution < 1.29 is 30.0 Å². The van der Waals surface area contributed by atoms with Gasteiger partial charge in [-0.3, -0.25) is 4.79 Å². The fourth-order valence-electron chi connectivity index (χ4n) is 4.00. The minimum Gasteiger partial charge on any atom is -0.512 e. The smallest absolute Gasteiger partial charge is 0.316 e. The molecule has 0 aliphatic rings. The first kappa shape index (κ1) is 27.4. The summed E-state index contributed by atoms with van der Waals surface area (Å²) < 4.78 is 0. The summed E-state index contributed by atoms with van der Waals surface area (Å²) >= 11 is 0. The topological polar surface area (TPSA) is 54.5 Å². The Kier molecular flexibility index (Phi) is 8.94. The monoisotopic (exact) mass is 632 g/mol. The maximum atomic E-state index is 8.40. The van der Waals surface area contributed by atoms with Gasteiger partial charge in [-0.25, -0.2) is 0 Å². The molecule has 34 heavy (non-hydrogen) atoms. The minimum absolute atomic E-state index is 0. The Hall–Kier alpha value is -2.81. The van der Waals surface area contributed by atoms with Gasteiger partial charge in [0.1, 0.15) is 0 Å². The zero-order valence-electron chi connectivity index (χ0n) is 20.9. The Morgan fingerprint density at radius 1 is 0.941 bits per heavy atom. The van der Waals surface area contributed by atoms with E-state index in [4.69, 9.17) is 14.9 Å². The van der Waals surface area contributed by atoms with Crippen LogP contribution in [0.3, 0.4) is 0 Å². The summed E-state index contributed by atoms with van der Waals surface area (Å²) in [4.78, 5) is 13.1. The summed E-state index contributed by atoms with van der Waals surface area (Å²) in [6, 6.07) is 21.2. The molecule has 1 heterocycles. The first-order chi connectivity index (χ1) is 15.5. The molecule has 3 nitrogen and oxygen atoms in total. The van der Waals surface area contributed by atoms with Gasteiger partial charge in [-0.2, -0.15) is 0 Å². The Balaban J connectivity index is 0.000000449. The molecule has 3 aromatic carbocycles. The molecule has 2 N–H and O–H groups in total. The van der Waals surface area contributed by atoms with E-state index in [1.54, 1.807) is 0 Å². The van der Waals surface area contributed by atoms with Gasteiger partial charge in [0, 0.05) is 26.3 Å². The molecule has 179 valence electrons. The predicted molar refractivity (Wildman–Crippen MR) is 141 cm³/mol. The van der Waals surface area contributed by atoms with E-state index in [9.17, 15) is 0 Å². The van der Waals surface area contributed by atoms with Gasteiger partial charge in [0.2, 0.25) is 0 Å². The summed E-state index contributed by atoms with van der Waals surface area (Å²) in [5.41, 5.74) is 5.98. The molecule has 4 rings (SSSR count). The number of ketones is 1. The molecule has 0 atom stereocenters. The molecule has 4 heteroatoms. The van der Waals surface area contributed by atoms with Gasteiger partial charge in [0.25, 0.3) is 0 Å². The van der Waals surface area contributed by atoms with Crippen LogP contribution >= 0.6 is 0 Å². The fourth-order valence-corrected chi connectivity index (χ4v) is 4.00. The van der Waals surface area contributed by atoms with Crippen molar-refractivity contribution in [3.8, 4) is 11.3 Å². The average molecular weight is 632 g/mol. The number of allylic oxidation sites excluding steroid dienone is 2. The number of rotatable bonds is 2. The van der Waals surface area contributed by atoms with Crippen molar-refractivity contribution in [2.45, 2.75) is 53.9 Å². The van der Waals surface area contributed by atoms with Gasteiger partial charge >= 0.3 is 5.78 Å². The number of fused-ring (bicyclic) bond motifs is 3. The molecule has 0 saturated heterocycles.